The van der Waals surface area contributed by atoms with E-state index in [1.807, 2.05) is 47.2 Å². The number of amides is 2. The number of nitrogens with zero attached hydrogens (tertiary/aromatic N) is 3. The van der Waals surface area contributed by atoms with Crippen LogP contribution in [0.5, 0.6) is 0 Å². The van der Waals surface area contributed by atoms with Gasteiger partial charge in [-0.3, -0.25) is 14.5 Å². The van der Waals surface area contributed by atoms with Crippen LogP contribution in [0.1, 0.15) is 44.6 Å². The first-order valence-corrected chi connectivity index (χ1v) is 10.5. The number of rotatable bonds is 5. The molecule has 0 bridgehead atoms. The molecule has 6 nitrogen and oxygen atoms in total. The molecule has 0 aromatic heterocycles. The molecule has 30 heavy (non-hydrogen) atoms. The van der Waals surface area contributed by atoms with Crippen LogP contribution < -0.4 is 5.73 Å². The van der Waals surface area contributed by atoms with E-state index in [2.05, 4.69) is 4.90 Å². The number of nitrogens with two attached hydrogens (primary N) is 1. The van der Waals surface area contributed by atoms with Crippen molar-refractivity contribution in [3.63, 3.8) is 0 Å². The molecule has 170 valence electrons. The van der Waals surface area contributed by atoms with Crippen molar-refractivity contribution in [3.05, 3.63) is 35.9 Å². The van der Waals surface area contributed by atoms with E-state index in [-0.39, 0.29) is 36.6 Å². The van der Waals surface area contributed by atoms with Gasteiger partial charge in [0.25, 0.3) is 0 Å². The molecule has 0 radical (unpaired) electrons. The molecule has 2 N–H and O–H groups in total. The van der Waals surface area contributed by atoms with Crippen molar-refractivity contribution in [1.82, 2.24) is 14.7 Å². The molecule has 2 fully saturated rings. The van der Waals surface area contributed by atoms with Gasteiger partial charge < -0.3 is 15.5 Å². The molecular weight excluding hydrogens is 423 g/mol. The zero-order chi connectivity index (χ0) is 20.1. The molecule has 2 aliphatic rings. The van der Waals surface area contributed by atoms with E-state index in [9.17, 15) is 9.59 Å². The second-order valence-corrected chi connectivity index (χ2v) is 8.43. The Morgan fingerprint density at radius 3 is 2.17 bits per heavy atom. The fourth-order valence-electron chi connectivity index (χ4n) is 4.32. The quantitative estimate of drug-likeness (QED) is 0.735. The molecule has 1 unspecified atom stereocenters. The molecular formula is C22H36Cl2N4O2. The first-order valence-electron chi connectivity index (χ1n) is 10.5. The van der Waals surface area contributed by atoms with Crippen molar-refractivity contribution in [2.45, 2.75) is 50.6 Å². The highest BCUT2D eigenvalue weighted by atomic mass is 35.5. The Bertz CT molecular complexity index is 673. The van der Waals surface area contributed by atoms with E-state index in [4.69, 9.17) is 5.73 Å². The van der Waals surface area contributed by atoms with Crippen LogP contribution >= 0.6 is 24.8 Å². The number of benzene rings is 1. The molecule has 3 rings (SSSR count). The third-order valence-electron chi connectivity index (χ3n) is 6.35. The fraction of sp³-hybridized carbons (Fsp3) is 0.636. The molecule has 1 aliphatic heterocycles. The lowest BCUT2D eigenvalue weighted by Gasteiger charge is -2.39. The Morgan fingerprint density at radius 1 is 1.03 bits per heavy atom. The van der Waals surface area contributed by atoms with Crippen LogP contribution in [0.25, 0.3) is 0 Å². The predicted molar refractivity (Wildman–Crippen MR) is 125 cm³/mol. The van der Waals surface area contributed by atoms with E-state index >= 15 is 0 Å². The molecule has 8 heteroatoms. The lowest BCUT2D eigenvalue weighted by Crippen LogP contribution is -2.57. The van der Waals surface area contributed by atoms with Crippen molar-refractivity contribution in [1.29, 1.82) is 0 Å². The average Bonchev–Trinajstić information content (AvgIpc) is 2.74. The average molecular weight is 459 g/mol. The number of hydrogen-bond donors (Lipinski definition) is 1. The van der Waals surface area contributed by atoms with Gasteiger partial charge in [-0.2, -0.15) is 0 Å². The SMILES string of the molecule is CN(C(=O)CN1CCN(C(=O)C(C)(N)c2ccccc2)CC1)C1CCCCC1.Cl.Cl. The van der Waals surface area contributed by atoms with Crippen LogP contribution in [0.15, 0.2) is 30.3 Å². The Hall–Kier alpha value is -1.34. The Labute approximate surface area is 193 Å². The summed E-state index contributed by atoms with van der Waals surface area (Å²) in [5.41, 5.74) is 6.18. The second-order valence-electron chi connectivity index (χ2n) is 8.43. The maximum Gasteiger partial charge on any atom is 0.247 e. The van der Waals surface area contributed by atoms with Gasteiger partial charge in [-0.05, 0) is 25.3 Å². The van der Waals surface area contributed by atoms with Crippen LogP contribution in [-0.4, -0.2) is 72.3 Å². The Kier molecular flexibility index (Phi) is 10.6. The van der Waals surface area contributed by atoms with Crippen LogP contribution in [0.4, 0.5) is 0 Å². The number of hydrogen-bond acceptors (Lipinski definition) is 4. The number of piperazine rings is 1. The maximum absolute atomic E-state index is 13.0. The summed E-state index contributed by atoms with van der Waals surface area (Å²) >= 11 is 0. The first-order chi connectivity index (χ1) is 13.4. The zero-order valence-electron chi connectivity index (χ0n) is 18.1. The minimum atomic E-state index is -1.03. The second kappa shape index (κ2) is 11.9. The summed E-state index contributed by atoms with van der Waals surface area (Å²) in [6.45, 7) is 4.85. The fourth-order valence-corrected chi connectivity index (χ4v) is 4.32. The number of halogens is 2. The minimum Gasteiger partial charge on any atom is -0.342 e. The number of likely N-dealkylation sites (N-methyl/N-ethyl adjacent to an activating group) is 1. The topological polar surface area (TPSA) is 69.9 Å². The van der Waals surface area contributed by atoms with Crippen LogP contribution in [0, 0.1) is 0 Å². The van der Waals surface area contributed by atoms with E-state index in [1.165, 1.54) is 19.3 Å². The van der Waals surface area contributed by atoms with Gasteiger partial charge in [-0.15, -0.1) is 24.8 Å². The van der Waals surface area contributed by atoms with Crippen LogP contribution in [0.3, 0.4) is 0 Å². The van der Waals surface area contributed by atoms with Crippen LogP contribution in [-0.2, 0) is 15.1 Å². The normalized spacial score (nSPS) is 19.8. The van der Waals surface area contributed by atoms with Gasteiger partial charge in [0.1, 0.15) is 5.54 Å². The summed E-state index contributed by atoms with van der Waals surface area (Å²) in [7, 11) is 1.94. The van der Waals surface area contributed by atoms with Gasteiger partial charge in [0.05, 0.1) is 6.54 Å². The Morgan fingerprint density at radius 2 is 1.60 bits per heavy atom. The van der Waals surface area contributed by atoms with Gasteiger partial charge in [0.2, 0.25) is 11.8 Å². The summed E-state index contributed by atoms with van der Waals surface area (Å²) in [4.78, 5) is 31.6. The van der Waals surface area contributed by atoms with E-state index < -0.39 is 5.54 Å². The van der Waals surface area contributed by atoms with Crippen molar-refractivity contribution in [2.75, 3.05) is 39.8 Å². The molecule has 1 saturated carbocycles. The molecule has 1 aromatic carbocycles. The number of carbonyl (C=O) groups excluding carboxylic acids is 2. The molecule has 1 saturated heterocycles. The summed E-state index contributed by atoms with van der Waals surface area (Å²) in [6, 6.07) is 9.92. The van der Waals surface area contributed by atoms with Crippen LogP contribution in [0.2, 0.25) is 0 Å². The third-order valence-corrected chi connectivity index (χ3v) is 6.35. The van der Waals surface area contributed by atoms with Gasteiger partial charge in [-0.1, -0.05) is 49.6 Å². The molecule has 1 aliphatic carbocycles. The molecule has 0 spiro atoms. The van der Waals surface area contributed by atoms with E-state index in [0.29, 0.717) is 38.8 Å². The lowest BCUT2D eigenvalue weighted by atomic mass is 9.91. The first kappa shape index (κ1) is 26.7. The summed E-state index contributed by atoms with van der Waals surface area (Å²) in [5.74, 6) is 0.142. The monoisotopic (exact) mass is 458 g/mol. The molecule has 1 heterocycles. The van der Waals surface area contributed by atoms with Crippen molar-refractivity contribution < 1.29 is 9.59 Å². The van der Waals surface area contributed by atoms with Crippen molar-refractivity contribution >= 4 is 36.6 Å². The molecule has 1 atom stereocenters. The van der Waals surface area contributed by atoms with Gasteiger partial charge >= 0.3 is 0 Å². The largest absolute Gasteiger partial charge is 0.342 e. The highest BCUT2D eigenvalue weighted by molar-refractivity contribution is 5.87. The summed E-state index contributed by atoms with van der Waals surface area (Å²) in [6.07, 6.45) is 5.99. The molecule has 1 aromatic rings. The Balaban J connectivity index is 0.00000225. The van der Waals surface area contributed by atoms with E-state index in [0.717, 1.165) is 18.4 Å². The summed E-state index contributed by atoms with van der Waals surface area (Å²) in [5, 5.41) is 0. The van der Waals surface area contributed by atoms with Gasteiger partial charge in [-0.25, -0.2) is 0 Å². The minimum absolute atomic E-state index is 0. The lowest BCUT2D eigenvalue weighted by molar-refractivity contribution is -0.139. The van der Waals surface area contributed by atoms with Crippen molar-refractivity contribution in [2.24, 2.45) is 5.73 Å². The third kappa shape index (κ3) is 6.33. The van der Waals surface area contributed by atoms with Crippen molar-refractivity contribution in [3.8, 4) is 0 Å². The van der Waals surface area contributed by atoms with Gasteiger partial charge in [0.15, 0.2) is 0 Å². The smallest absolute Gasteiger partial charge is 0.247 e. The highest BCUT2D eigenvalue weighted by Gasteiger charge is 2.36. The van der Waals surface area contributed by atoms with E-state index in [1.54, 1.807) is 6.92 Å². The predicted octanol–water partition coefficient (Wildman–Crippen LogP) is 2.64. The highest BCUT2D eigenvalue weighted by Crippen LogP contribution is 2.23. The van der Waals surface area contributed by atoms with Gasteiger partial charge in [0, 0.05) is 39.3 Å². The summed E-state index contributed by atoms with van der Waals surface area (Å²) < 4.78 is 0. The standard InChI is InChI=1S/C22H34N4O2.2ClH/c1-22(23,18-9-5-3-6-10-18)21(28)26-15-13-25(14-16-26)17-20(27)24(2)19-11-7-4-8-12-19;;/h3,5-6,9-10,19H,4,7-8,11-17,23H2,1-2H3;2*1H. The zero-order valence-corrected chi connectivity index (χ0v) is 19.7. The molecule has 2 amide bonds. The number of carbonyl (C=O) groups is 2. The maximum atomic E-state index is 13.0.